The first-order chi connectivity index (χ1) is 9.61. The van der Waals surface area contributed by atoms with E-state index in [2.05, 4.69) is 20.1 Å². The second-order valence-electron chi connectivity index (χ2n) is 4.16. The standard InChI is InChI=1S/C13H9ClFN5/c1-20-7-8(5-17-20)11-4-12(14)19-13(18-11)10-3-2-9(15)6-16-10/h2-7H,1H3. The number of rotatable bonds is 2. The van der Waals surface area contributed by atoms with Gasteiger partial charge >= 0.3 is 0 Å². The van der Waals surface area contributed by atoms with Crippen molar-refractivity contribution in [3.05, 3.63) is 47.8 Å². The monoisotopic (exact) mass is 289 g/mol. The first-order valence-electron chi connectivity index (χ1n) is 5.77. The molecule has 3 heterocycles. The van der Waals surface area contributed by atoms with E-state index >= 15 is 0 Å². The van der Waals surface area contributed by atoms with Crippen LogP contribution in [0.3, 0.4) is 0 Å². The summed E-state index contributed by atoms with van der Waals surface area (Å²) in [5.74, 6) is -0.0698. The van der Waals surface area contributed by atoms with E-state index in [-0.39, 0.29) is 0 Å². The van der Waals surface area contributed by atoms with Crippen molar-refractivity contribution >= 4 is 11.6 Å². The summed E-state index contributed by atoms with van der Waals surface area (Å²) in [6, 6.07) is 4.45. The smallest absolute Gasteiger partial charge is 0.180 e. The highest BCUT2D eigenvalue weighted by molar-refractivity contribution is 6.29. The third-order valence-electron chi connectivity index (χ3n) is 2.65. The van der Waals surface area contributed by atoms with E-state index in [1.54, 1.807) is 16.9 Å². The zero-order valence-corrected chi connectivity index (χ0v) is 11.2. The normalized spacial score (nSPS) is 10.8. The highest BCUT2D eigenvalue weighted by Gasteiger charge is 2.10. The SMILES string of the molecule is Cn1cc(-c2cc(Cl)nc(-c3ccc(F)cn3)n2)cn1. The molecule has 3 rings (SSSR count). The van der Waals surface area contributed by atoms with Crippen LogP contribution in [0.1, 0.15) is 0 Å². The maximum absolute atomic E-state index is 12.9. The molecule has 0 aliphatic heterocycles. The predicted molar refractivity (Wildman–Crippen MR) is 72.4 cm³/mol. The molecule has 5 nitrogen and oxygen atoms in total. The van der Waals surface area contributed by atoms with E-state index in [0.29, 0.717) is 22.4 Å². The fraction of sp³-hybridized carbons (Fsp3) is 0.0769. The van der Waals surface area contributed by atoms with E-state index < -0.39 is 5.82 Å². The lowest BCUT2D eigenvalue weighted by Crippen LogP contribution is -1.95. The van der Waals surface area contributed by atoms with E-state index in [0.717, 1.165) is 11.8 Å². The molecule has 0 unspecified atom stereocenters. The first-order valence-corrected chi connectivity index (χ1v) is 6.15. The molecule has 0 bridgehead atoms. The average Bonchev–Trinajstić information content (AvgIpc) is 2.85. The van der Waals surface area contributed by atoms with Crippen LogP contribution < -0.4 is 0 Å². The summed E-state index contributed by atoms with van der Waals surface area (Å²) in [5.41, 5.74) is 1.92. The van der Waals surface area contributed by atoms with Crippen LogP contribution in [0.4, 0.5) is 4.39 Å². The predicted octanol–water partition coefficient (Wildman–Crippen LogP) is 2.73. The van der Waals surface area contributed by atoms with Crippen molar-refractivity contribution in [1.29, 1.82) is 0 Å². The molecule has 0 fully saturated rings. The van der Waals surface area contributed by atoms with Crippen molar-refractivity contribution < 1.29 is 4.39 Å². The van der Waals surface area contributed by atoms with Crippen LogP contribution in [0.5, 0.6) is 0 Å². The molecule has 0 radical (unpaired) electrons. The summed E-state index contributed by atoms with van der Waals surface area (Å²) in [4.78, 5) is 12.4. The van der Waals surface area contributed by atoms with Crippen LogP contribution in [-0.4, -0.2) is 24.7 Å². The Morgan fingerprint density at radius 3 is 2.65 bits per heavy atom. The third-order valence-corrected chi connectivity index (χ3v) is 2.85. The maximum atomic E-state index is 12.9. The summed E-state index contributed by atoms with van der Waals surface area (Å²) < 4.78 is 14.6. The van der Waals surface area contributed by atoms with Crippen molar-refractivity contribution in [2.45, 2.75) is 0 Å². The van der Waals surface area contributed by atoms with Crippen molar-refractivity contribution in [3.63, 3.8) is 0 Å². The van der Waals surface area contributed by atoms with E-state index in [9.17, 15) is 4.39 Å². The Morgan fingerprint density at radius 1 is 1.15 bits per heavy atom. The van der Waals surface area contributed by atoms with E-state index in [1.165, 1.54) is 12.1 Å². The van der Waals surface area contributed by atoms with Gasteiger partial charge in [0.2, 0.25) is 0 Å². The van der Waals surface area contributed by atoms with Gasteiger partial charge in [-0.15, -0.1) is 0 Å². The van der Waals surface area contributed by atoms with Gasteiger partial charge in [-0.1, -0.05) is 11.6 Å². The lowest BCUT2D eigenvalue weighted by molar-refractivity contribution is 0.621. The number of halogens is 2. The van der Waals surface area contributed by atoms with Crippen LogP contribution in [0, 0.1) is 5.82 Å². The molecule has 20 heavy (non-hydrogen) atoms. The lowest BCUT2D eigenvalue weighted by atomic mass is 10.2. The second-order valence-corrected chi connectivity index (χ2v) is 4.55. The quantitative estimate of drug-likeness (QED) is 0.681. The van der Waals surface area contributed by atoms with Gasteiger partial charge in [-0.25, -0.2) is 19.3 Å². The summed E-state index contributed by atoms with van der Waals surface area (Å²) in [5, 5.41) is 4.38. The number of nitrogens with zero attached hydrogens (tertiary/aromatic N) is 5. The molecular weight excluding hydrogens is 281 g/mol. The van der Waals surface area contributed by atoms with Crippen LogP contribution >= 0.6 is 11.6 Å². The fourth-order valence-electron chi connectivity index (χ4n) is 1.74. The minimum Gasteiger partial charge on any atom is -0.275 e. The summed E-state index contributed by atoms with van der Waals surface area (Å²) in [6.07, 6.45) is 4.62. The molecule has 3 aromatic heterocycles. The van der Waals surface area contributed by atoms with Crippen LogP contribution in [0.25, 0.3) is 22.8 Å². The molecule has 0 saturated carbocycles. The molecule has 0 aliphatic rings. The maximum Gasteiger partial charge on any atom is 0.180 e. The Kier molecular flexibility index (Phi) is 3.15. The molecule has 0 saturated heterocycles. The van der Waals surface area contributed by atoms with Gasteiger partial charge in [-0.3, -0.25) is 4.68 Å². The zero-order chi connectivity index (χ0) is 14.1. The first kappa shape index (κ1) is 12.7. The molecule has 0 amide bonds. The Bertz CT molecular complexity index is 754. The van der Waals surface area contributed by atoms with Crippen molar-refractivity contribution in [2.24, 2.45) is 7.05 Å². The molecule has 0 aromatic carbocycles. The number of aromatic nitrogens is 5. The van der Waals surface area contributed by atoms with Gasteiger partial charge < -0.3 is 0 Å². The fourth-order valence-corrected chi connectivity index (χ4v) is 1.93. The number of hydrogen-bond donors (Lipinski definition) is 0. The summed E-state index contributed by atoms with van der Waals surface area (Å²) >= 11 is 6.01. The van der Waals surface area contributed by atoms with Gasteiger partial charge in [-0.2, -0.15) is 5.10 Å². The van der Waals surface area contributed by atoms with Gasteiger partial charge in [0, 0.05) is 24.9 Å². The largest absolute Gasteiger partial charge is 0.275 e. The zero-order valence-electron chi connectivity index (χ0n) is 10.5. The molecule has 3 aromatic rings. The van der Waals surface area contributed by atoms with Crippen molar-refractivity contribution in [1.82, 2.24) is 24.7 Å². The Balaban J connectivity index is 2.09. The molecule has 100 valence electrons. The molecule has 0 aliphatic carbocycles. The summed E-state index contributed by atoms with van der Waals surface area (Å²) in [6.45, 7) is 0. The Hall–Kier alpha value is -2.34. The molecular formula is C13H9ClFN5. The van der Waals surface area contributed by atoms with E-state index in [4.69, 9.17) is 11.6 Å². The van der Waals surface area contributed by atoms with Crippen LogP contribution in [0.2, 0.25) is 5.15 Å². The van der Waals surface area contributed by atoms with Crippen LogP contribution in [-0.2, 0) is 7.05 Å². The highest BCUT2D eigenvalue weighted by atomic mass is 35.5. The highest BCUT2D eigenvalue weighted by Crippen LogP contribution is 2.22. The average molecular weight is 290 g/mol. The lowest BCUT2D eigenvalue weighted by Gasteiger charge is -2.03. The van der Waals surface area contributed by atoms with Crippen molar-refractivity contribution in [2.75, 3.05) is 0 Å². The Labute approximate surface area is 119 Å². The van der Waals surface area contributed by atoms with Gasteiger partial charge in [0.1, 0.15) is 16.7 Å². The van der Waals surface area contributed by atoms with Gasteiger partial charge in [0.25, 0.3) is 0 Å². The molecule has 0 N–H and O–H groups in total. The minimum absolute atomic E-state index is 0.292. The topological polar surface area (TPSA) is 56.5 Å². The number of hydrogen-bond acceptors (Lipinski definition) is 4. The second kappa shape index (κ2) is 4.97. The van der Waals surface area contributed by atoms with Crippen LogP contribution in [0.15, 0.2) is 36.8 Å². The Morgan fingerprint density at radius 2 is 2.00 bits per heavy atom. The minimum atomic E-state index is -0.414. The van der Waals surface area contributed by atoms with E-state index in [1.807, 2.05) is 13.2 Å². The molecule has 0 atom stereocenters. The number of aryl methyl sites for hydroxylation is 1. The van der Waals surface area contributed by atoms with Gasteiger partial charge in [-0.05, 0) is 12.1 Å². The molecule has 0 spiro atoms. The van der Waals surface area contributed by atoms with Crippen molar-refractivity contribution in [3.8, 4) is 22.8 Å². The molecule has 7 heteroatoms. The number of pyridine rings is 1. The van der Waals surface area contributed by atoms with Gasteiger partial charge in [0.15, 0.2) is 5.82 Å². The van der Waals surface area contributed by atoms with Gasteiger partial charge in [0.05, 0.1) is 18.1 Å². The summed E-state index contributed by atoms with van der Waals surface area (Å²) in [7, 11) is 1.81. The third kappa shape index (κ3) is 2.50.